The molecule has 0 amide bonds. The molecule has 2 rings (SSSR count). The summed E-state index contributed by atoms with van der Waals surface area (Å²) in [5.41, 5.74) is 0. The van der Waals surface area contributed by atoms with Gasteiger partial charge in [0.25, 0.3) is 0 Å². The SMILES string of the molecule is CCC(C(C)=O)c1nc(C2CCCO2)no1. The zero-order valence-corrected chi connectivity index (χ0v) is 9.60. The number of nitrogens with zero attached hydrogens (tertiary/aromatic N) is 2. The molecule has 0 bridgehead atoms. The predicted octanol–water partition coefficient (Wildman–Crippen LogP) is 2.00. The first-order valence-corrected chi connectivity index (χ1v) is 5.68. The van der Waals surface area contributed by atoms with E-state index < -0.39 is 0 Å². The molecule has 0 radical (unpaired) electrons. The van der Waals surface area contributed by atoms with E-state index in [1.807, 2.05) is 6.92 Å². The molecule has 2 unspecified atom stereocenters. The maximum absolute atomic E-state index is 11.3. The van der Waals surface area contributed by atoms with Gasteiger partial charge in [0.1, 0.15) is 11.9 Å². The van der Waals surface area contributed by atoms with Gasteiger partial charge < -0.3 is 9.26 Å². The number of carbonyl (C=O) groups excluding carboxylic acids is 1. The van der Waals surface area contributed by atoms with Crippen molar-refractivity contribution < 1.29 is 14.1 Å². The van der Waals surface area contributed by atoms with E-state index in [2.05, 4.69) is 10.1 Å². The largest absolute Gasteiger partial charge is 0.370 e. The zero-order chi connectivity index (χ0) is 11.5. The molecule has 1 aromatic heterocycles. The van der Waals surface area contributed by atoms with Crippen molar-refractivity contribution in [1.82, 2.24) is 10.1 Å². The Labute approximate surface area is 94.2 Å². The fourth-order valence-corrected chi connectivity index (χ4v) is 1.94. The van der Waals surface area contributed by atoms with Crippen molar-refractivity contribution in [3.8, 4) is 0 Å². The summed E-state index contributed by atoms with van der Waals surface area (Å²) < 4.78 is 10.6. The standard InChI is InChI=1S/C11H16N2O3/c1-3-8(7(2)14)11-12-10(13-16-11)9-5-4-6-15-9/h8-9H,3-6H2,1-2H3. The van der Waals surface area contributed by atoms with E-state index in [9.17, 15) is 4.79 Å². The van der Waals surface area contributed by atoms with Gasteiger partial charge in [-0.3, -0.25) is 4.79 Å². The van der Waals surface area contributed by atoms with Gasteiger partial charge in [-0.05, 0) is 26.2 Å². The zero-order valence-electron chi connectivity index (χ0n) is 9.60. The van der Waals surface area contributed by atoms with E-state index in [0.717, 1.165) is 19.4 Å². The van der Waals surface area contributed by atoms with E-state index in [4.69, 9.17) is 9.26 Å². The third-order valence-corrected chi connectivity index (χ3v) is 2.87. The number of aromatic nitrogens is 2. The summed E-state index contributed by atoms with van der Waals surface area (Å²) in [6.07, 6.45) is 2.58. The van der Waals surface area contributed by atoms with Gasteiger partial charge in [-0.2, -0.15) is 4.98 Å². The van der Waals surface area contributed by atoms with Crippen LogP contribution in [-0.4, -0.2) is 22.5 Å². The third kappa shape index (κ3) is 2.14. The van der Waals surface area contributed by atoms with E-state index in [-0.39, 0.29) is 17.8 Å². The number of hydrogen-bond donors (Lipinski definition) is 0. The normalized spacial score (nSPS) is 22.2. The van der Waals surface area contributed by atoms with Gasteiger partial charge in [-0.1, -0.05) is 12.1 Å². The number of ether oxygens (including phenoxy) is 1. The maximum Gasteiger partial charge on any atom is 0.237 e. The molecule has 0 N–H and O–H groups in total. The molecule has 2 atom stereocenters. The number of ketones is 1. The number of rotatable bonds is 4. The first-order chi connectivity index (χ1) is 7.72. The minimum absolute atomic E-state index is 0.0537. The molecule has 5 heteroatoms. The first-order valence-electron chi connectivity index (χ1n) is 5.68. The highest BCUT2D eigenvalue weighted by Crippen LogP contribution is 2.28. The minimum atomic E-state index is -0.275. The second kappa shape index (κ2) is 4.74. The van der Waals surface area contributed by atoms with Crippen LogP contribution >= 0.6 is 0 Å². The molecular formula is C11H16N2O3. The number of carbonyl (C=O) groups is 1. The highest BCUT2D eigenvalue weighted by Gasteiger charge is 2.26. The third-order valence-electron chi connectivity index (χ3n) is 2.87. The van der Waals surface area contributed by atoms with Crippen molar-refractivity contribution in [3.63, 3.8) is 0 Å². The van der Waals surface area contributed by atoms with Gasteiger partial charge in [0.15, 0.2) is 0 Å². The average molecular weight is 224 g/mol. The molecule has 16 heavy (non-hydrogen) atoms. The fraction of sp³-hybridized carbons (Fsp3) is 0.727. The van der Waals surface area contributed by atoms with Crippen LogP contribution in [0.15, 0.2) is 4.52 Å². The fourth-order valence-electron chi connectivity index (χ4n) is 1.94. The summed E-state index contributed by atoms with van der Waals surface area (Å²) in [6.45, 7) is 4.23. The van der Waals surface area contributed by atoms with Crippen LogP contribution < -0.4 is 0 Å². The monoisotopic (exact) mass is 224 g/mol. The van der Waals surface area contributed by atoms with Gasteiger partial charge >= 0.3 is 0 Å². The van der Waals surface area contributed by atoms with Crippen LogP contribution in [0.4, 0.5) is 0 Å². The van der Waals surface area contributed by atoms with E-state index in [1.165, 1.54) is 0 Å². The van der Waals surface area contributed by atoms with Gasteiger partial charge in [0.2, 0.25) is 11.7 Å². The topological polar surface area (TPSA) is 65.2 Å². The van der Waals surface area contributed by atoms with Gasteiger partial charge in [0, 0.05) is 6.61 Å². The van der Waals surface area contributed by atoms with Crippen molar-refractivity contribution in [2.75, 3.05) is 6.61 Å². The van der Waals surface area contributed by atoms with Crippen LogP contribution in [0.1, 0.15) is 56.8 Å². The lowest BCUT2D eigenvalue weighted by molar-refractivity contribution is -0.119. The summed E-state index contributed by atoms with van der Waals surface area (Å²) in [4.78, 5) is 15.6. The van der Waals surface area contributed by atoms with Crippen LogP contribution in [0.25, 0.3) is 0 Å². The van der Waals surface area contributed by atoms with Crippen LogP contribution in [0.3, 0.4) is 0 Å². The Morgan fingerprint density at radius 1 is 1.62 bits per heavy atom. The van der Waals surface area contributed by atoms with E-state index in [0.29, 0.717) is 18.1 Å². The number of hydrogen-bond acceptors (Lipinski definition) is 5. The Kier molecular flexibility index (Phi) is 3.33. The molecule has 5 nitrogen and oxygen atoms in total. The molecule has 0 saturated carbocycles. The Hall–Kier alpha value is -1.23. The molecule has 0 spiro atoms. The summed E-state index contributed by atoms with van der Waals surface area (Å²) in [5, 5.41) is 3.89. The lowest BCUT2D eigenvalue weighted by Crippen LogP contribution is -2.08. The minimum Gasteiger partial charge on any atom is -0.370 e. The molecular weight excluding hydrogens is 208 g/mol. The molecule has 0 aliphatic carbocycles. The van der Waals surface area contributed by atoms with Crippen LogP contribution in [0.5, 0.6) is 0 Å². The predicted molar refractivity (Wildman–Crippen MR) is 55.9 cm³/mol. The average Bonchev–Trinajstić information content (AvgIpc) is 2.86. The number of Topliss-reactive ketones (excluding diaryl/α,β-unsaturated/α-hetero) is 1. The summed E-state index contributed by atoms with van der Waals surface area (Å²) >= 11 is 0. The summed E-state index contributed by atoms with van der Waals surface area (Å²) in [7, 11) is 0. The van der Waals surface area contributed by atoms with E-state index in [1.54, 1.807) is 6.92 Å². The van der Waals surface area contributed by atoms with Crippen molar-refractivity contribution in [2.24, 2.45) is 0 Å². The van der Waals surface area contributed by atoms with Crippen LogP contribution in [0.2, 0.25) is 0 Å². The molecule has 1 saturated heterocycles. The smallest absolute Gasteiger partial charge is 0.237 e. The Morgan fingerprint density at radius 3 is 3.00 bits per heavy atom. The summed E-state index contributed by atoms with van der Waals surface area (Å²) in [5.74, 6) is 0.778. The van der Waals surface area contributed by atoms with Gasteiger partial charge in [-0.15, -0.1) is 0 Å². The first kappa shape index (κ1) is 11.3. The van der Waals surface area contributed by atoms with Crippen LogP contribution in [-0.2, 0) is 9.53 Å². The molecule has 1 aromatic rings. The molecule has 0 aromatic carbocycles. The summed E-state index contributed by atoms with van der Waals surface area (Å²) in [6, 6.07) is 0. The lowest BCUT2D eigenvalue weighted by Gasteiger charge is -2.04. The van der Waals surface area contributed by atoms with Crippen molar-refractivity contribution in [1.29, 1.82) is 0 Å². The second-order valence-electron chi connectivity index (χ2n) is 4.06. The molecule has 2 heterocycles. The highest BCUT2D eigenvalue weighted by atomic mass is 16.5. The van der Waals surface area contributed by atoms with Crippen molar-refractivity contribution in [2.45, 2.75) is 45.1 Å². The lowest BCUT2D eigenvalue weighted by atomic mass is 10.0. The second-order valence-corrected chi connectivity index (χ2v) is 4.06. The molecule has 1 aliphatic heterocycles. The Morgan fingerprint density at radius 2 is 2.44 bits per heavy atom. The highest BCUT2D eigenvalue weighted by molar-refractivity contribution is 5.82. The Bertz CT molecular complexity index is 369. The molecule has 1 aliphatic rings. The van der Waals surface area contributed by atoms with Gasteiger partial charge in [-0.25, -0.2) is 0 Å². The van der Waals surface area contributed by atoms with Crippen molar-refractivity contribution >= 4 is 5.78 Å². The maximum atomic E-state index is 11.3. The molecule has 88 valence electrons. The van der Waals surface area contributed by atoms with Crippen molar-refractivity contribution in [3.05, 3.63) is 11.7 Å². The Balaban J connectivity index is 2.14. The molecule has 1 fully saturated rings. The quantitative estimate of drug-likeness (QED) is 0.782. The van der Waals surface area contributed by atoms with Crippen LogP contribution in [0, 0.1) is 0 Å². The van der Waals surface area contributed by atoms with Gasteiger partial charge in [0.05, 0.1) is 5.92 Å². The van der Waals surface area contributed by atoms with E-state index >= 15 is 0 Å².